The molecule has 1 aromatic heterocycles. The van der Waals surface area contributed by atoms with Gasteiger partial charge in [-0.25, -0.2) is 4.98 Å². The van der Waals surface area contributed by atoms with Gasteiger partial charge in [-0.05, 0) is 36.6 Å². The largest absolute Gasteiger partial charge is 0.343 e. The third-order valence-electron chi connectivity index (χ3n) is 5.05. The molecule has 134 valence electrons. The molecule has 1 saturated heterocycles. The van der Waals surface area contributed by atoms with Crippen LogP contribution in [0.2, 0.25) is 5.02 Å². The van der Waals surface area contributed by atoms with Crippen molar-refractivity contribution in [1.82, 2.24) is 14.5 Å². The molecule has 0 aliphatic carbocycles. The topological polar surface area (TPSA) is 38.1 Å². The van der Waals surface area contributed by atoms with Gasteiger partial charge in [0.2, 0.25) is 5.91 Å². The van der Waals surface area contributed by atoms with Gasteiger partial charge in [-0.15, -0.1) is 0 Å². The Balaban J connectivity index is 1.61. The normalized spacial score (nSPS) is 14.3. The lowest BCUT2D eigenvalue weighted by Crippen LogP contribution is -2.28. The van der Waals surface area contributed by atoms with Crippen molar-refractivity contribution in [3.63, 3.8) is 0 Å². The van der Waals surface area contributed by atoms with Crippen LogP contribution in [0.15, 0.2) is 48.5 Å². The summed E-state index contributed by atoms with van der Waals surface area (Å²) in [6, 6.07) is 16.0. The molecule has 0 radical (unpaired) electrons. The van der Waals surface area contributed by atoms with Gasteiger partial charge in [0.15, 0.2) is 0 Å². The second-order valence-electron chi connectivity index (χ2n) is 6.77. The Morgan fingerprint density at radius 1 is 1.04 bits per heavy atom. The van der Waals surface area contributed by atoms with E-state index in [1.807, 2.05) is 47.4 Å². The van der Waals surface area contributed by atoms with E-state index in [2.05, 4.69) is 10.6 Å². The molecular weight excluding hydrogens is 346 g/mol. The van der Waals surface area contributed by atoms with Gasteiger partial charge in [0.1, 0.15) is 5.82 Å². The number of hydrogen-bond acceptors (Lipinski definition) is 2. The number of imidazole rings is 1. The number of halogens is 1. The number of hydrogen-bond donors (Lipinski definition) is 0. The van der Waals surface area contributed by atoms with Crippen molar-refractivity contribution >= 4 is 28.5 Å². The second kappa shape index (κ2) is 7.50. The van der Waals surface area contributed by atoms with Crippen molar-refractivity contribution in [3.8, 4) is 0 Å². The van der Waals surface area contributed by atoms with Gasteiger partial charge in [-0.1, -0.05) is 41.9 Å². The van der Waals surface area contributed by atoms with E-state index < -0.39 is 0 Å². The van der Waals surface area contributed by atoms with Gasteiger partial charge in [-0.3, -0.25) is 4.79 Å². The summed E-state index contributed by atoms with van der Waals surface area (Å²) < 4.78 is 2.17. The number of nitrogens with zero attached hydrogens (tertiary/aromatic N) is 3. The van der Waals surface area contributed by atoms with Gasteiger partial charge in [0.25, 0.3) is 0 Å². The minimum absolute atomic E-state index is 0.240. The molecule has 0 bridgehead atoms. The average Bonchev–Trinajstić information content (AvgIpc) is 3.30. The first-order chi connectivity index (χ1) is 12.7. The Labute approximate surface area is 158 Å². The summed E-state index contributed by atoms with van der Waals surface area (Å²) in [5, 5.41) is 0.749. The number of aryl methyl sites for hydroxylation is 1. The summed E-state index contributed by atoms with van der Waals surface area (Å²) >= 11 is 6.34. The quantitative estimate of drug-likeness (QED) is 0.674. The van der Waals surface area contributed by atoms with Crippen LogP contribution < -0.4 is 0 Å². The minimum Gasteiger partial charge on any atom is -0.343 e. The first kappa shape index (κ1) is 17.1. The fourth-order valence-electron chi connectivity index (χ4n) is 3.65. The van der Waals surface area contributed by atoms with Crippen LogP contribution in [0.4, 0.5) is 0 Å². The number of likely N-dealkylation sites (tertiary alicyclic amines) is 1. The van der Waals surface area contributed by atoms with Crippen molar-refractivity contribution in [2.75, 3.05) is 13.1 Å². The molecular formula is C21H22ClN3O. The third-order valence-corrected chi connectivity index (χ3v) is 5.42. The van der Waals surface area contributed by atoms with E-state index in [0.717, 1.165) is 53.4 Å². The van der Waals surface area contributed by atoms with Crippen molar-refractivity contribution in [1.29, 1.82) is 0 Å². The highest BCUT2D eigenvalue weighted by molar-refractivity contribution is 6.31. The second-order valence-corrected chi connectivity index (χ2v) is 7.18. The third kappa shape index (κ3) is 3.47. The lowest BCUT2D eigenvalue weighted by molar-refractivity contribution is -0.130. The number of benzene rings is 2. The molecule has 0 spiro atoms. The highest BCUT2D eigenvalue weighted by atomic mass is 35.5. The Kier molecular flexibility index (Phi) is 4.93. The first-order valence-corrected chi connectivity index (χ1v) is 9.55. The summed E-state index contributed by atoms with van der Waals surface area (Å²) in [5.41, 5.74) is 3.09. The fourth-order valence-corrected chi connectivity index (χ4v) is 3.86. The zero-order valence-corrected chi connectivity index (χ0v) is 15.5. The highest BCUT2D eigenvalue weighted by Gasteiger charge is 2.19. The number of amides is 1. The summed E-state index contributed by atoms with van der Waals surface area (Å²) in [4.78, 5) is 19.3. The molecule has 3 aromatic rings. The average molecular weight is 368 g/mol. The summed E-state index contributed by atoms with van der Waals surface area (Å²) in [5.74, 6) is 1.19. The molecule has 2 heterocycles. The fraction of sp³-hybridized carbons (Fsp3) is 0.333. The summed E-state index contributed by atoms with van der Waals surface area (Å²) in [7, 11) is 0. The van der Waals surface area contributed by atoms with Crippen LogP contribution in [0.25, 0.3) is 11.0 Å². The molecule has 2 aromatic carbocycles. The molecule has 0 atom stereocenters. The van der Waals surface area contributed by atoms with Crippen LogP contribution >= 0.6 is 11.6 Å². The zero-order valence-electron chi connectivity index (χ0n) is 14.7. The molecule has 0 saturated carbocycles. The molecule has 4 rings (SSSR count). The molecule has 1 fully saturated rings. The Morgan fingerprint density at radius 3 is 2.58 bits per heavy atom. The number of carbonyl (C=O) groups excluding carboxylic acids is 1. The molecule has 1 aliphatic heterocycles. The maximum Gasteiger partial charge on any atom is 0.224 e. The molecule has 26 heavy (non-hydrogen) atoms. The van der Waals surface area contributed by atoms with Gasteiger partial charge in [-0.2, -0.15) is 0 Å². The van der Waals surface area contributed by atoms with Crippen molar-refractivity contribution in [2.24, 2.45) is 0 Å². The minimum atomic E-state index is 0.240. The highest BCUT2D eigenvalue weighted by Crippen LogP contribution is 2.23. The van der Waals surface area contributed by atoms with E-state index >= 15 is 0 Å². The molecule has 1 amide bonds. The van der Waals surface area contributed by atoms with Crippen LogP contribution in [0.3, 0.4) is 0 Å². The van der Waals surface area contributed by atoms with Crippen LogP contribution in [0.5, 0.6) is 0 Å². The zero-order chi connectivity index (χ0) is 17.9. The van der Waals surface area contributed by atoms with E-state index in [1.165, 1.54) is 0 Å². The van der Waals surface area contributed by atoms with Crippen molar-refractivity contribution in [3.05, 3.63) is 64.9 Å². The SMILES string of the molecule is O=C(CCn1c(Cc2ccccc2Cl)nc2ccccc21)N1CCCC1. The van der Waals surface area contributed by atoms with Crippen LogP contribution in [-0.4, -0.2) is 33.4 Å². The Bertz CT molecular complexity index is 928. The van der Waals surface area contributed by atoms with E-state index in [9.17, 15) is 4.79 Å². The molecule has 0 N–H and O–H groups in total. The van der Waals surface area contributed by atoms with E-state index in [4.69, 9.17) is 16.6 Å². The van der Waals surface area contributed by atoms with E-state index in [-0.39, 0.29) is 5.91 Å². The van der Waals surface area contributed by atoms with Crippen LogP contribution in [0, 0.1) is 0 Å². The number of para-hydroxylation sites is 2. The smallest absolute Gasteiger partial charge is 0.224 e. The number of fused-ring (bicyclic) bond motifs is 1. The van der Waals surface area contributed by atoms with E-state index in [0.29, 0.717) is 19.4 Å². The van der Waals surface area contributed by atoms with Gasteiger partial charge < -0.3 is 9.47 Å². The Hall–Kier alpha value is -2.33. The predicted octanol–water partition coefficient (Wildman–Crippen LogP) is 4.29. The standard InChI is InChI=1S/C21H22ClN3O/c22-17-8-2-1-7-16(17)15-20-23-18-9-3-4-10-19(18)25(20)14-11-21(26)24-12-5-6-13-24/h1-4,7-10H,5-6,11-15H2. The van der Waals surface area contributed by atoms with Crippen molar-refractivity contribution < 1.29 is 4.79 Å². The lowest BCUT2D eigenvalue weighted by Gasteiger charge is -2.16. The molecule has 4 nitrogen and oxygen atoms in total. The van der Waals surface area contributed by atoms with Gasteiger partial charge in [0.05, 0.1) is 11.0 Å². The maximum atomic E-state index is 12.5. The lowest BCUT2D eigenvalue weighted by atomic mass is 10.1. The summed E-state index contributed by atoms with van der Waals surface area (Å²) in [6.45, 7) is 2.45. The van der Waals surface area contributed by atoms with E-state index in [1.54, 1.807) is 0 Å². The monoisotopic (exact) mass is 367 g/mol. The molecule has 5 heteroatoms. The van der Waals surface area contributed by atoms with Crippen molar-refractivity contribution in [2.45, 2.75) is 32.2 Å². The number of carbonyl (C=O) groups is 1. The number of aromatic nitrogens is 2. The predicted molar refractivity (Wildman–Crippen MR) is 104 cm³/mol. The Morgan fingerprint density at radius 2 is 1.77 bits per heavy atom. The molecule has 0 unspecified atom stereocenters. The number of rotatable bonds is 5. The van der Waals surface area contributed by atoms with Gasteiger partial charge >= 0.3 is 0 Å². The molecule has 1 aliphatic rings. The van der Waals surface area contributed by atoms with Gasteiger partial charge in [0, 0.05) is 37.5 Å². The first-order valence-electron chi connectivity index (χ1n) is 9.18. The summed E-state index contributed by atoms with van der Waals surface area (Å²) in [6.07, 6.45) is 3.41. The maximum absolute atomic E-state index is 12.5. The van der Waals surface area contributed by atoms with Crippen LogP contribution in [-0.2, 0) is 17.8 Å². The van der Waals surface area contributed by atoms with Crippen LogP contribution in [0.1, 0.15) is 30.7 Å².